The molecule has 1 aliphatic carbocycles. The normalized spacial score (nSPS) is 19.6. The lowest BCUT2D eigenvalue weighted by atomic mass is 9.94. The molecule has 1 fully saturated rings. The smallest absolute Gasteiger partial charge is 0.263 e. The van der Waals surface area contributed by atoms with Gasteiger partial charge in [0.1, 0.15) is 11.6 Å². The highest BCUT2D eigenvalue weighted by Crippen LogP contribution is 2.39. The molecule has 0 unspecified atom stereocenters. The molecule has 2 amide bonds. The molecule has 5 nitrogen and oxygen atoms in total. The highest BCUT2D eigenvalue weighted by atomic mass is 16.2. The van der Waals surface area contributed by atoms with Gasteiger partial charge in [0.05, 0.1) is 11.3 Å². The summed E-state index contributed by atoms with van der Waals surface area (Å²) in [5.74, 6) is -0.704. The lowest BCUT2D eigenvalue weighted by molar-refractivity contribution is -0.118. The molecule has 1 aromatic rings. The van der Waals surface area contributed by atoms with E-state index in [1.807, 2.05) is 38.1 Å². The van der Waals surface area contributed by atoms with Gasteiger partial charge in [0.15, 0.2) is 0 Å². The number of hydrogen-bond acceptors (Lipinski definition) is 3. The molecule has 5 heteroatoms. The number of carbonyl (C=O) groups is 2. The molecule has 1 heterocycles. The third-order valence-corrected chi connectivity index (χ3v) is 4.91. The Balaban J connectivity index is 1.99. The molecular formula is C20H23N3O2. The van der Waals surface area contributed by atoms with E-state index in [0.29, 0.717) is 5.56 Å². The van der Waals surface area contributed by atoms with E-state index >= 15 is 0 Å². The maximum Gasteiger partial charge on any atom is 0.263 e. The van der Waals surface area contributed by atoms with Crippen molar-refractivity contribution in [1.29, 1.82) is 5.26 Å². The van der Waals surface area contributed by atoms with Crippen LogP contribution in [0.2, 0.25) is 0 Å². The van der Waals surface area contributed by atoms with E-state index in [1.54, 1.807) is 11.0 Å². The van der Waals surface area contributed by atoms with E-state index in [4.69, 9.17) is 0 Å². The van der Waals surface area contributed by atoms with Crippen LogP contribution in [-0.2, 0) is 9.59 Å². The zero-order chi connectivity index (χ0) is 18.0. The van der Waals surface area contributed by atoms with Crippen molar-refractivity contribution in [2.45, 2.75) is 58.0 Å². The molecule has 0 saturated heterocycles. The average molecular weight is 337 g/mol. The van der Waals surface area contributed by atoms with Gasteiger partial charge in [-0.2, -0.15) is 5.26 Å². The van der Waals surface area contributed by atoms with Crippen molar-refractivity contribution in [2.75, 3.05) is 4.90 Å². The summed E-state index contributed by atoms with van der Waals surface area (Å²) < 4.78 is 0. The Morgan fingerprint density at radius 1 is 1.24 bits per heavy atom. The first kappa shape index (κ1) is 17.2. The molecule has 1 aliphatic heterocycles. The zero-order valence-electron chi connectivity index (χ0n) is 14.7. The van der Waals surface area contributed by atoms with Gasteiger partial charge in [-0.25, -0.2) is 0 Å². The Bertz CT molecular complexity index is 767. The van der Waals surface area contributed by atoms with Gasteiger partial charge in [-0.3, -0.25) is 9.59 Å². The molecule has 1 N–H and O–H groups in total. The third-order valence-electron chi connectivity index (χ3n) is 4.91. The molecule has 0 aromatic heterocycles. The fourth-order valence-corrected chi connectivity index (χ4v) is 3.72. The summed E-state index contributed by atoms with van der Waals surface area (Å²) in [6.45, 7) is 3.84. The molecule has 0 radical (unpaired) electrons. The first-order chi connectivity index (χ1) is 12.0. The van der Waals surface area contributed by atoms with Crippen molar-refractivity contribution in [2.24, 2.45) is 0 Å². The Morgan fingerprint density at radius 3 is 2.56 bits per heavy atom. The molecule has 0 bridgehead atoms. The van der Waals surface area contributed by atoms with Crippen LogP contribution in [0.4, 0.5) is 5.69 Å². The summed E-state index contributed by atoms with van der Waals surface area (Å²) in [6.07, 6.45) is 5.23. The van der Waals surface area contributed by atoms with Crippen molar-refractivity contribution in [1.82, 2.24) is 5.32 Å². The number of fused-ring (bicyclic) bond motifs is 1. The Kier molecular flexibility index (Phi) is 4.89. The van der Waals surface area contributed by atoms with E-state index in [2.05, 4.69) is 5.32 Å². The summed E-state index contributed by atoms with van der Waals surface area (Å²) in [5, 5.41) is 12.6. The predicted molar refractivity (Wildman–Crippen MR) is 96.6 cm³/mol. The molecule has 2 aliphatic rings. The van der Waals surface area contributed by atoms with Crippen molar-refractivity contribution >= 4 is 23.1 Å². The van der Waals surface area contributed by atoms with Crippen LogP contribution >= 0.6 is 0 Å². The minimum Gasteiger partial charge on any atom is -0.349 e. The Morgan fingerprint density at radius 2 is 1.92 bits per heavy atom. The number of hydrogen-bond donors (Lipinski definition) is 1. The van der Waals surface area contributed by atoms with Crippen LogP contribution in [0.5, 0.6) is 0 Å². The van der Waals surface area contributed by atoms with Gasteiger partial charge in [0.25, 0.3) is 11.8 Å². The highest BCUT2D eigenvalue weighted by Gasteiger charge is 2.37. The summed E-state index contributed by atoms with van der Waals surface area (Å²) in [5.41, 5.74) is 1.57. The van der Waals surface area contributed by atoms with E-state index in [1.165, 1.54) is 6.42 Å². The van der Waals surface area contributed by atoms with Gasteiger partial charge in [0.2, 0.25) is 0 Å². The van der Waals surface area contributed by atoms with Crippen molar-refractivity contribution < 1.29 is 9.59 Å². The number of benzene rings is 1. The lowest BCUT2D eigenvalue weighted by Crippen LogP contribution is -2.38. The average Bonchev–Trinajstić information content (AvgIpc) is 2.89. The van der Waals surface area contributed by atoms with Crippen LogP contribution in [0.25, 0.3) is 5.57 Å². The quantitative estimate of drug-likeness (QED) is 0.680. The molecule has 1 aromatic carbocycles. The van der Waals surface area contributed by atoms with Crippen LogP contribution < -0.4 is 10.2 Å². The number of nitrogens with zero attached hydrogens (tertiary/aromatic N) is 2. The number of amides is 2. The molecule has 3 rings (SSSR count). The Labute approximate surface area is 148 Å². The molecule has 0 atom stereocenters. The minimum absolute atomic E-state index is 0.0486. The summed E-state index contributed by atoms with van der Waals surface area (Å²) >= 11 is 0. The third kappa shape index (κ3) is 3.17. The number of para-hydroxylation sites is 1. The number of nitrogens with one attached hydrogen (secondary N) is 1. The van der Waals surface area contributed by atoms with E-state index in [0.717, 1.165) is 31.4 Å². The van der Waals surface area contributed by atoms with Crippen LogP contribution in [0.1, 0.15) is 51.5 Å². The summed E-state index contributed by atoms with van der Waals surface area (Å²) in [7, 11) is 0. The SMILES string of the molecule is CC(C)N1C(=O)C(=C(C#N)C(=O)NC2CCCCC2)c2ccccc21. The number of rotatable bonds is 3. The van der Waals surface area contributed by atoms with Crippen LogP contribution in [-0.4, -0.2) is 23.9 Å². The highest BCUT2D eigenvalue weighted by molar-refractivity contribution is 6.37. The topological polar surface area (TPSA) is 73.2 Å². The van der Waals surface area contributed by atoms with E-state index < -0.39 is 5.91 Å². The second-order valence-corrected chi connectivity index (χ2v) is 6.96. The molecule has 25 heavy (non-hydrogen) atoms. The van der Waals surface area contributed by atoms with Crippen LogP contribution in [0.15, 0.2) is 29.8 Å². The largest absolute Gasteiger partial charge is 0.349 e. The lowest BCUT2D eigenvalue weighted by Gasteiger charge is -2.23. The monoisotopic (exact) mass is 337 g/mol. The summed E-state index contributed by atoms with van der Waals surface area (Å²) in [6, 6.07) is 9.37. The van der Waals surface area contributed by atoms with Gasteiger partial charge in [-0.15, -0.1) is 0 Å². The predicted octanol–water partition coefficient (Wildman–Crippen LogP) is 3.17. The van der Waals surface area contributed by atoms with Crippen molar-refractivity contribution in [3.05, 3.63) is 35.4 Å². The zero-order valence-corrected chi connectivity index (χ0v) is 14.7. The first-order valence-corrected chi connectivity index (χ1v) is 8.92. The number of carbonyl (C=O) groups excluding carboxylic acids is 2. The second kappa shape index (κ2) is 7.10. The molecule has 130 valence electrons. The number of anilines is 1. The fraction of sp³-hybridized carbons (Fsp3) is 0.450. The molecular weight excluding hydrogens is 314 g/mol. The molecule has 0 spiro atoms. The summed E-state index contributed by atoms with van der Waals surface area (Å²) in [4.78, 5) is 27.3. The van der Waals surface area contributed by atoms with E-state index in [-0.39, 0.29) is 29.1 Å². The maximum absolute atomic E-state index is 12.9. The van der Waals surface area contributed by atoms with Gasteiger partial charge < -0.3 is 10.2 Å². The minimum atomic E-state index is -0.432. The van der Waals surface area contributed by atoms with Crippen molar-refractivity contribution in [3.8, 4) is 6.07 Å². The van der Waals surface area contributed by atoms with E-state index in [9.17, 15) is 14.9 Å². The first-order valence-electron chi connectivity index (χ1n) is 8.92. The molecule has 1 saturated carbocycles. The standard InChI is InChI=1S/C20H23N3O2/c1-13(2)23-17-11-7-6-10-15(17)18(20(23)25)16(12-21)19(24)22-14-8-4-3-5-9-14/h6-7,10-11,13-14H,3-5,8-9H2,1-2H3,(H,22,24). The second-order valence-electron chi connectivity index (χ2n) is 6.96. The number of nitriles is 1. The van der Waals surface area contributed by atoms with Crippen molar-refractivity contribution in [3.63, 3.8) is 0 Å². The van der Waals surface area contributed by atoms with Gasteiger partial charge in [-0.1, -0.05) is 37.5 Å². The van der Waals surface area contributed by atoms with Gasteiger partial charge >= 0.3 is 0 Å². The van der Waals surface area contributed by atoms with Gasteiger partial charge in [-0.05, 0) is 32.8 Å². The fourth-order valence-electron chi connectivity index (χ4n) is 3.72. The Hall–Kier alpha value is -2.61. The van der Waals surface area contributed by atoms with Crippen LogP contribution in [0, 0.1) is 11.3 Å². The maximum atomic E-state index is 12.9. The van der Waals surface area contributed by atoms with Gasteiger partial charge in [0, 0.05) is 17.6 Å². The van der Waals surface area contributed by atoms with Crippen LogP contribution in [0.3, 0.4) is 0 Å².